The van der Waals surface area contributed by atoms with Crippen molar-refractivity contribution in [1.29, 1.82) is 0 Å². The predicted octanol–water partition coefficient (Wildman–Crippen LogP) is 1.60. The van der Waals surface area contributed by atoms with Crippen molar-refractivity contribution in [1.82, 2.24) is 10.0 Å². The summed E-state index contributed by atoms with van der Waals surface area (Å²) < 4.78 is 27.8. The summed E-state index contributed by atoms with van der Waals surface area (Å²) in [6, 6.07) is 5.69. The first kappa shape index (κ1) is 14.0. The Morgan fingerprint density at radius 2 is 1.75 bits per heavy atom. The van der Waals surface area contributed by atoms with Crippen molar-refractivity contribution in [2.75, 3.05) is 13.1 Å². The molecule has 1 fully saturated rings. The molecule has 3 rings (SSSR count). The minimum absolute atomic E-state index is 0.0669. The number of piperidine rings is 1. The molecular weight excluding hydrogens is 272 g/mol. The van der Waals surface area contributed by atoms with Gasteiger partial charge < -0.3 is 5.32 Å². The fraction of sp³-hybridized carbons (Fsp3) is 0.600. The monoisotopic (exact) mass is 294 g/mol. The second-order valence-electron chi connectivity index (χ2n) is 5.78. The highest BCUT2D eigenvalue weighted by Gasteiger charge is 2.22. The van der Waals surface area contributed by atoms with Gasteiger partial charge in [0.25, 0.3) is 0 Å². The van der Waals surface area contributed by atoms with Crippen molar-refractivity contribution < 1.29 is 8.42 Å². The van der Waals surface area contributed by atoms with Gasteiger partial charge in [-0.25, -0.2) is 13.1 Å². The zero-order valence-electron chi connectivity index (χ0n) is 11.7. The Balaban J connectivity index is 1.79. The van der Waals surface area contributed by atoms with Gasteiger partial charge in [0.15, 0.2) is 0 Å². The number of hydrogen-bond acceptors (Lipinski definition) is 3. The van der Waals surface area contributed by atoms with Gasteiger partial charge in [-0.3, -0.25) is 0 Å². The molecule has 0 unspecified atom stereocenters. The van der Waals surface area contributed by atoms with Crippen molar-refractivity contribution in [3.05, 3.63) is 29.3 Å². The van der Waals surface area contributed by atoms with E-state index >= 15 is 0 Å². The van der Waals surface area contributed by atoms with Crippen LogP contribution in [-0.2, 0) is 22.9 Å². The Labute approximate surface area is 121 Å². The van der Waals surface area contributed by atoms with E-state index in [-0.39, 0.29) is 6.04 Å². The molecule has 0 bridgehead atoms. The van der Waals surface area contributed by atoms with Crippen molar-refractivity contribution >= 4 is 10.0 Å². The lowest BCUT2D eigenvalue weighted by Gasteiger charge is -2.24. The molecule has 2 N–H and O–H groups in total. The van der Waals surface area contributed by atoms with E-state index in [1.54, 1.807) is 6.07 Å². The van der Waals surface area contributed by atoms with Gasteiger partial charge in [-0.2, -0.15) is 0 Å². The quantitative estimate of drug-likeness (QED) is 0.890. The second-order valence-corrected chi connectivity index (χ2v) is 7.50. The number of aryl methyl sites for hydroxylation is 2. The lowest BCUT2D eigenvalue weighted by molar-refractivity contribution is 0.427. The number of sulfonamides is 1. The molecule has 4 nitrogen and oxygen atoms in total. The summed E-state index contributed by atoms with van der Waals surface area (Å²) in [5, 5.41) is 3.25. The van der Waals surface area contributed by atoms with Crippen LogP contribution in [0, 0.1) is 0 Å². The summed E-state index contributed by atoms with van der Waals surface area (Å²) >= 11 is 0. The number of hydrogen-bond donors (Lipinski definition) is 2. The maximum absolute atomic E-state index is 12.5. The molecule has 2 aliphatic rings. The third kappa shape index (κ3) is 3.05. The molecule has 1 aromatic rings. The Hall–Kier alpha value is -0.910. The first-order valence-electron chi connectivity index (χ1n) is 7.50. The van der Waals surface area contributed by atoms with Gasteiger partial charge in [0.05, 0.1) is 4.90 Å². The van der Waals surface area contributed by atoms with Gasteiger partial charge in [0, 0.05) is 6.04 Å². The molecule has 0 atom stereocenters. The fourth-order valence-electron chi connectivity index (χ4n) is 3.10. The number of benzene rings is 1. The Morgan fingerprint density at radius 1 is 1.05 bits per heavy atom. The minimum atomic E-state index is -3.37. The van der Waals surface area contributed by atoms with E-state index in [0.717, 1.165) is 45.2 Å². The second kappa shape index (κ2) is 5.84. The average Bonchev–Trinajstić information content (AvgIpc) is 2.47. The molecular formula is C15H22N2O2S. The third-order valence-electron chi connectivity index (χ3n) is 4.29. The van der Waals surface area contributed by atoms with Crippen LogP contribution in [0.3, 0.4) is 0 Å². The summed E-state index contributed by atoms with van der Waals surface area (Å²) in [6.45, 7) is 1.77. The third-order valence-corrected chi connectivity index (χ3v) is 5.81. The van der Waals surface area contributed by atoms with Gasteiger partial charge in [-0.05, 0) is 74.9 Å². The maximum Gasteiger partial charge on any atom is 0.240 e. The van der Waals surface area contributed by atoms with Gasteiger partial charge in [-0.1, -0.05) is 6.07 Å². The molecule has 0 radical (unpaired) electrons. The molecule has 0 spiro atoms. The van der Waals surface area contributed by atoms with Crippen LogP contribution in [0.4, 0.5) is 0 Å². The molecule has 5 heteroatoms. The zero-order chi connectivity index (χ0) is 14.0. The van der Waals surface area contributed by atoms with E-state index in [2.05, 4.69) is 10.0 Å². The highest BCUT2D eigenvalue weighted by molar-refractivity contribution is 7.89. The van der Waals surface area contributed by atoms with E-state index in [1.165, 1.54) is 17.5 Å². The SMILES string of the molecule is O=S(=O)(NC1CCNCC1)c1ccc2c(c1)CCCC2. The van der Waals surface area contributed by atoms with Crippen LogP contribution in [0.25, 0.3) is 0 Å². The summed E-state index contributed by atoms with van der Waals surface area (Å²) in [5.41, 5.74) is 2.53. The maximum atomic E-state index is 12.5. The van der Waals surface area contributed by atoms with Gasteiger partial charge in [-0.15, -0.1) is 0 Å². The lowest BCUT2D eigenvalue weighted by Crippen LogP contribution is -2.42. The van der Waals surface area contributed by atoms with Gasteiger partial charge in [0.2, 0.25) is 10.0 Å². The molecule has 0 amide bonds. The molecule has 0 aromatic heterocycles. The van der Waals surface area contributed by atoms with Crippen LogP contribution >= 0.6 is 0 Å². The van der Waals surface area contributed by atoms with Crippen molar-refractivity contribution in [3.8, 4) is 0 Å². The smallest absolute Gasteiger partial charge is 0.240 e. The highest BCUT2D eigenvalue weighted by Crippen LogP contribution is 2.24. The van der Waals surface area contributed by atoms with Crippen LogP contribution in [0.5, 0.6) is 0 Å². The Morgan fingerprint density at radius 3 is 2.50 bits per heavy atom. The molecule has 1 aliphatic heterocycles. The number of nitrogens with one attached hydrogen (secondary N) is 2. The topological polar surface area (TPSA) is 58.2 Å². The van der Waals surface area contributed by atoms with Crippen molar-refractivity contribution in [3.63, 3.8) is 0 Å². The Kier molecular flexibility index (Phi) is 4.10. The van der Waals surface area contributed by atoms with E-state index in [1.807, 2.05) is 12.1 Å². The first-order chi connectivity index (χ1) is 9.65. The standard InChI is InChI=1S/C15H22N2O2S/c18-20(19,17-14-7-9-16-10-8-14)15-6-5-12-3-1-2-4-13(12)11-15/h5-6,11,14,16-17H,1-4,7-10H2. The fourth-order valence-corrected chi connectivity index (χ4v) is 4.46. The molecule has 1 saturated heterocycles. The highest BCUT2D eigenvalue weighted by atomic mass is 32.2. The molecule has 0 saturated carbocycles. The molecule has 1 aliphatic carbocycles. The predicted molar refractivity (Wildman–Crippen MR) is 79.3 cm³/mol. The number of fused-ring (bicyclic) bond motifs is 1. The lowest BCUT2D eigenvalue weighted by atomic mass is 9.92. The number of rotatable bonds is 3. The van der Waals surface area contributed by atoms with Crippen LogP contribution in [-0.4, -0.2) is 27.5 Å². The summed E-state index contributed by atoms with van der Waals surface area (Å²) in [7, 11) is -3.37. The van der Waals surface area contributed by atoms with Crippen LogP contribution < -0.4 is 10.0 Å². The Bertz CT molecular complexity index is 578. The van der Waals surface area contributed by atoms with E-state index < -0.39 is 10.0 Å². The van der Waals surface area contributed by atoms with Gasteiger partial charge >= 0.3 is 0 Å². The van der Waals surface area contributed by atoms with Crippen molar-refractivity contribution in [2.24, 2.45) is 0 Å². The molecule has 1 aromatic carbocycles. The van der Waals surface area contributed by atoms with E-state index in [0.29, 0.717) is 4.90 Å². The first-order valence-corrected chi connectivity index (χ1v) is 8.98. The molecule has 20 heavy (non-hydrogen) atoms. The van der Waals surface area contributed by atoms with Crippen LogP contribution in [0.2, 0.25) is 0 Å². The van der Waals surface area contributed by atoms with Crippen LogP contribution in [0.15, 0.2) is 23.1 Å². The normalized spacial score (nSPS) is 20.6. The van der Waals surface area contributed by atoms with Crippen molar-refractivity contribution in [2.45, 2.75) is 49.5 Å². The van der Waals surface area contributed by atoms with E-state index in [9.17, 15) is 8.42 Å². The average molecular weight is 294 g/mol. The summed E-state index contributed by atoms with van der Waals surface area (Å²) in [6.07, 6.45) is 6.20. The van der Waals surface area contributed by atoms with Crippen LogP contribution in [0.1, 0.15) is 36.8 Å². The zero-order valence-corrected chi connectivity index (χ0v) is 12.5. The van der Waals surface area contributed by atoms with E-state index in [4.69, 9.17) is 0 Å². The minimum Gasteiger partial charge on any atom is -0.317 e. The summed E-state index contributed by atoms with van der Waals surface area (Å²) in [4.78, 5) is 0.427. The van der Waals surface area contributed by atoms with Gasteiger partial charge in [0.1, 0.15) is 0 Å². The largest absolute Gasteiger partial charge is 0.317 e. The molecule has 1 heterocycles. The summed E-state index contributed by atoms with van der Waals surface area (Å²) in [5.74, 6) is 0. The molecule has 110 valence electrons.